The first-order valence-corrected chi connectivity index (χ1v) is 13.7. The minimum absolute atomic E-state index is 0.372. The van der Waals surface area contributed by atoms with Crippen LogP contribution in [0, 0.1) is 5.92 Å². The number of likely N-dealkylation sites (N-methyl/N-ethyl adjacent to an activating group) is 1. The zero-order valence-electron chi connectivity index (χ0n) is 22.0. The highest BCUT2D eigenvalue weighted by Crippen LogP contribution is 2.37. The van der Waals surface area contributed by atoms with Gasteiger partial charge in [-0.25, -0.2) is 15.0 Å². The summed E-state index contributed by atoms with van der Waals surface area (Å²) < 4.78 is 7.89. The quantitative estimate of drug-likeness (QED) is 0.265. The molecule has 6 rings (SSSR count). The maximum Gasteiger partial charge on any atom is 0.164 e. The fourth-order valence-electron chi connectivity index (χ4n) is 5.98. The number of rotatable bonds is 9. The molecular weight excluding hydrogens is 482 g/mol. The summed E-state index contributed by atoms with van der Waals surface area (Å²) in [6, 6.07) is 8.79. The average molecular weight is 520 g/mol. The van der Waals surface area contributed by atoms with Gasteiger partial charge in [0.1, 0.15) is 41.9 Å². The van der Waals surface area contributed by atoms with Gasteiger partial charge >= 0.3 is 0 Å². The molecule has 1 aliphatic heterocycles. The maximum absolute atomic E-state index is 10.8. The van der Waals surface area contributed by atoms with E-state index in [1.165, 1.54) is 24.7 Å². The molecule has 1 aromatic carbocycles. The van der Waals surface area contributed by atoms with E-state index in [0.29, 0.717) is 35.4 Å². The Hall–Kier alpha value is -3.05. The summed E-state index contributed by atoms with van der Waals surface area (Å²) in [4.78, 5) is 18.9. The molecule has 0 amide bonds. The minimum Gasteiger partial charge on any atom is -0.387 e. The van der Waals surface area contributed by atoms with E-state index in [0.717, 1.165) is 42.5 Å². The number of H-pyrrole nitrogens is 1. The molecule has 1 aliphatic carbocycles. The van der Waals surface area contributed by atoms with Crippen molar-refractivity contribution < 1.29 is 14.9 Å². The number of aryl methyl sites for hydroxylation is 1. The Labute approximate surface area is 221 Å². The van der Waals surface area contributed by atoms with Crippen LogP contribution < -0.4 is 5.73 Å². The van der Waals surface area contributed by atoms with Gasteiger partial charge in [-0.05, 0) is 62.4 Å². The zero-order valence-corrected chi connectivity index (χ0v) is 22.0. The van der Waals surface area contributed by atoms with Crippen LogP contribution in [-0.2, 0) is 17.6 Å². The Balaban J connectivity index is 1.03. The highest BCUT2D eigenvalue weighted by Gasteiger charge is 2.45. The molecular formula is C28H37N7O3. The smallest absolute Gasteiger partial charge is 0.164 e. The van der Waals surface area contributed by atoms with E-state index < -0.39 is 24.5 Å². The predicted molar refractivity (Wildman–Crippen MR) is 145 cm³/mol. The number of nitrogens with two attached hydrogens (primary N) is 1. The van der Waals surface area contributed by atoms with E-state index in [1.807, 2.05) is 0 Å². The third-order valence-corrected chi connectivity index (χ3v) is 8.35. The number of fused-ring (bicyclic) bond motifs is 2. The Kier molecular flexibility index (Phi) is 6.81. The number of benzene rings is 1. The van der Waals surface area contributed by atoms with E-state index >= 15 is 0 Å². The largest absolute Gasteiger partial charge is 0.387 e. The van der Waals surface area contributed by atoms with Crippen molar-refractivity contribution in [1.82, 2.24) is 29.4 Å². The number of aliphatic hydroxyl groups excluding tert-OH is 2. The molecule has 3 aromatic heterocycles. The number of imidazole rings is 1. The maximum atomic E-state index is 10.8. The van der Waals surface area contributed by atoms with Gasteiger partial charge in [-0.15, -0.1) is 0 Å². The van der Waals surface area contributed by atoms with Gasteiger partial charge in [-0.3, -0.25) is 0 Å². The van der Waals surface area contributed by atoms with Crippen molar-refractivity contribution in [3.05, 3.63) is 48.2 Å². The lowest BCUT2D eigenvalue weighted by Gasteiger charge is -2.42. The second-order valence-electron chi connectivity index (χ2n) is 11.0. The van der Waals surface area contributed by atoms with Gasteiger partial charge in [-0.1, -0.05) is 19.4 Å². The highest BCUT2D eigenvalue weighted by atomic mass is 16.6. The molecule has 1 saturated carbocycles. The number of hydrogen-bond donors (Lipinski definition) is 4. The lowest BCUT2D eigenvalue weighted by atomic mass is 9.77. The minimum atomic E-state index is -1.06. The van der Waals surface area contributed by atoms with Crippen molar-refractivity contribution in [1.29, 1.82) is 0 Å². The van der Waals surface area contributed by atoms with E-state index in [-0.39, 0.29) is 0 Å². The van der Waals surface area contributed by atoms with Crippen LogP contribution in [0.2, 0.25) is 0 Å². The van der Waals surface area contributed by atoms with E-state index in [4.69, 9.17) is 15.5 Å². The fraction of sp³-hybridized carbons (Fsp3) is 0.536. The fourth-order valence-corrected chi connectivity index (χ4v) is 5.98. The molecule has 202 valence electrons. The lowest BCUT2D eigenvalue weighted by Crippen LogP contribution is -2.48. The first-order chi connectivity index (χ1) is 18.4. The molecule has 5 N–H and O–H groups in total. The summed E-state index contributed by atoms with van der Waals surface area (Å²) in [6.45, 7) is 2.75. The number of nitrogens with one attached hydrogen (secondary N) is 1. The number of ether oxygens (including phenoxy) is 1. The van der Waals surface area contributed by atoms with Gasteiger partial charge in [-0.2, -0.15) is 0 Å². The van der Waals surface area contributed by atoms with Crippen molar-refractivity contribution in [2.75, 3.05) is 19.3 Å². The molecule has 2 fully saturated rings. The summed E-state index contributed by atoms with van der Waals surface area (Å²) in [5.74, 6) is 2.01. The summed E-state index contributed by atoms with van der Waals surface area (Å²) >= 11 is 0. The molecule has 10 nitrogen and oxygen atoms in total. The number of hydrogen-bond acceptors (Lipinski definition) is 8. The standard InChI is InChI=1S/C28H37N7O3/c1-3-4-5-16-6-7-20-21(12-16)33-23(32-20)13-17-10-18(11-17)34(2)14-22-24(36)25(37)28(38-22)35-9-8-19-26(29)30-15-31-27(19)35/h6-9,12,15,17-18,22,24-25,28,36-37H,3-5,10-11,13-14H2,1-2H3,(H,32,33)(H2,29,30,31)/t17?,18?,22-,24-,25-,28-/m1/s1. The highest BCUT2D eigenvalue weighted by molar-refractivity contribution is 5.86. The van der Waals surface area contributed by atoms with Gasteiger partial charge in [0.05, 0.1) is 16.4 Å². The first-order valence-electron chi connectivity index (χ1n) is 13.7. The van der Waals surface area contributed by atoms with Crippen LogP contribution in [0.5, 0.6) is 0 Å². The van der Waals surface area contributed by atoms with E-state index in [9.17, 15) is 10.2 Å². The molecule has 0 unspecified atom stereocenters. The number of aromatic nitrogens is 5. The van der Waals surface area contributed by atoms with Gasteiger partial charge in [0, 0.05) is 25.2 Å². The second-order valence-corrected chi connectivity index (χ2v) is 11.0. The molecule has 2 aliphatic rings. The molecule has 0 spiro atoms. The van der Waals surface area contributed by atoms with Gasteiger partial charge < -0.3 is 35.1 Å². The van der Waals surface area contributed by atoms with Crippen molar-refractivity contribution in [3.63, 3.8) is 0 Å². The van der Waals surface area contributed by atoms with Crippen LogP contribution in [0.15, 0.2) is 36.8 Å². The predicted octanol–water partition coefficient (Wildman–Crippen LogP) is 2.80. The zero-order chi connectivity index (χ0) is 26.4. The summed E-state index contributed by atoms with van der Waals surface area (Å²) in [5.41, 5.74) is 10.1. The molecule has 0 radical (unpaired) electrons. The van der Waals surface area contributed by atoms with Crippen molar-refractivity contribution in [3.8, 4) is 0 Å². The number of nitrogens with zero attached hydrogens (tertiary/aromatic N) is 5. The normalized spacial score (nSPS) is 27.5. The number of anilines is 1. The number of nitrogen functional groups attached to an aromatic ring is 1. The molecule has 0 bridgehead atoms. The van der Waals surface area contributed by atoms with Crippen LogP contribution in [0.3, 0.4) is 0 Å². The summed E-state index contributed by atoms with van der Waals surface area (Å²) in [5, 5.41) is 22.2. The summed E-state index contributed by atoms with van der Waals surface area (Å²) in [7, 11) is 2.06. The van der Waals surface area contributed by atoms with Crippen molar-refractivity contribution in [2.45, 2.75) is 76.0 Å². The summed E-state index contributed by atoms with van der Waals surface area (Å²) in [6.07, 6.45) is 6.45. The van der Waals surface area contributed by atoms with Crippen molar-refractivity contribution >= 4 is 27.9 Å². The molecule has 10 heteroatoms. The van der Waals surface area contributed by atoms with Crippen LogP contribution in [0.4, 0.5) is 5.82 Å². The van der Waals surface area contributed by atoms with Crippen LogP contribution in [0.1, 0.15) is 50.2 Å². The number of unbranched alkanes of at least 4 members (excludes halogenated alkanes) is 1. The molecule has 4 heterocycles. The van der Waals surface area contributed by atoms with Crippen molar-refractivity contribution in [2.24, 2.45) is 5.92 Å². The van der Waals surface area contributed by atoms with Crippen LogP contribution in [-0.4, -0.2) is 77.6 Å². The Morgan fingerprint density at radius 1 is 1.18 bits per heavy atom. The van der Waals surface area contributed by atoms with Crippen LogP contribution >= 0.6 is 0 Å². The molecule has 4 aromatic rings. The molecule has 4 atom stereocenters. The monoisotopic (exact) mass is 519 g/mol. The average Bonchev–Trinajstić information content (AvgIpc) is 3.56. The van der Waals surface area contributed by atoms with Gasteiger partial charge in [0.25, 0.3) is 0 Å². The number of aliphatic hydroxyl groups is 2. The third kappa shape index (κ3) is 4.66. The lowest BCUT2D eigenvalue weighted by molar-refractivity contribution is -0.0509. The first kappa shape index (κ1) is 25.2. The van der Waals surface area contributed by atoms with E-state index in [2.05, 4.69) is 52.0 Å². The molecule has 1 saturated heterocycles. The van der Waals surface area contributed by atoms with Gasteiger partial charge in [0.15, 0.2) is 6.23 Å². The second kappa shape index (κ2) is 10.3. The topological polar surface area (TPSA) is 138 Å². The van der Waals surface area contributed by atoms with Crippen LogP contribution in [0.25, 0.3) is 22.1 Å². The Morgan fingerprint density at radius 2 is 2.03 bits per heavy atom. The third-order valence-electron chi connectivity index (χ3n) is 8.35. The molecule has 38 heavy (non-hydrogen) atoms. The Bertz CT molecular complexity index is 1410. The van der Waals surface area contributed by atoms with E-state index in [1.54, 1.807) is 16.8 Å². The van der Waals surface area contributed by atoms with Gasteiger partial charge in [0.2, 0.25) is 0 Å². The number of aromatic amines is 1. The SMILES string of the molecule is CCCCc1ccc2[nH]c(CC3CC(N(C)C[C@H]4O[C@@H](n5ccc6c(N)ncnc65)[C@H](O)[C@@H]4O)C3)nc2c1. The Morgan fingerprint density at radius 3 is 2.84 bits per heavy atom.